The number of benzene rings is 2. The van der Waals surface area contributed by atoms with E-state index in [-0.39, 0.29) is 31.4 Å². The zero-order valence-electron chi connectivity index (χ0n) is 20.6. The van der Waals surface area contributed by atoms with Crippen molar-refractivity contribution in [2.45, 2.75) is 32.7 Å². The summed E-state index contributed by atoms with van der Waals surface area (Å²) in [7, 11) is 3.89. The Morgan fingerprint density at radius 1 is 1.17 bits per heavy atom. The lowest BCUT2D eigenvalue weighted by Gasteiger charge is -2.34. The lowest BCUT2D eigenvalue weighted by molar-refractivity contribution is -0.140. The Labute approximate surface area is 211 Å². The highest BCUT2D eigenvalue weighted by Crippen LogP contribution is 2.38. The molecule has 35 heavy (non-hydrogen) atoms. The van der Waals surface area contributed by atoms with Crippen LogP contribution in [0.5, 0.6) is 0 Å². The van der Waals surface area contributed by atoms with Crippen LogP contribution in [0.4, 0.5) is 0 Å². The average molecular weight is 498 g/mol. The summed E-state index contributed by atoms with van der Waals surface area (Å²) in [5, 5.41) is 3.44. The van der Waals surface area contributed by atoms with Crippen molar-refractivity contribution >= 4 is 29.4 Å². The van der Waals surface area contributed by atoms with Crippen molar-refractivity contribution in [2.24, 2.45) is 0 Å². The number of carbonyl (C=O) groups excluding carboxylic acids is 3. The second-order valence-electron chi connectivity index (χ2n) is 8.77. The summed E-state index contributed by atoms with van der Waals surface area (Å²) in [6.45, 7) is 5.27. The number of allylic oxidation sites excluding steroid dienone is 1. The van der Waals surface area contributed by atoms with Gasteiger partial charge in [0.2, 0.25) is 5.91 Å². The fourth-order valence-corrected chi connectivity index (χ4v) is 4.37. The molecule has 2 aromatic carbocycles. The lowest BCUT2D eigenvalue weighted by Crippen LogP contribution is -2.38. The molecule has 0 aliphatic carbocycles. The molecule has 1 N–H and O–H groups in total. The quantitative estimate of drug-likeness (QED) is 0.530. The van der Waals surface area contributed by atoms with Crippen molar-refractivity contribution in [2.75, 3.05) is 33.8 Å². The van der Waals surface area contributed by atoms with Gasteiger partial charge >= 0.3 is 5.97 Å². The Balaban J connectivity index is 1.89. The normalized spacial score (nSPS) is 16.0. The van der Waals surface area contributed by atoms with Gasteiger partial charge in [-0.05, 0) is 63.3 Å². The fraction of sp³-hybridized carbons (Fsp3) is 0.370. The molecule has 2 aromatic rings. The molecule has 2 amide bonds. The maximum atomic E-state index is 13.3. The summed E-state index contributed by atoms with van der Waals surface area (Å²) in [5.41, 5.74) is 3.11. The van der Waals surface area contributed by atoms with Crippen LogP contribution in [0, 0.1) is 0 Å². The molecule has 1 unspecified atom stereocenters. The van der Waals surface area contributed by atoms with Gasteiger partial charge in [0.15, 0.2) is 0 Å². The number of nitrogens with zero attached hydrogens (tertiary/aromatic N) is 2. The zero-order valence-corrected chi connectivity index (χ0v) is 21.4. The van der Waals surface area contributed by atoms with Crippen LogP contribution in [-0.4, -0.2) is 61.4 Å². The first kappa shape index (κ1) is 26.4. The van der Waals surface area contributed by atoms with Crippen molar-refractivity contribution < 1.29 is 19.1 Å². The monoisotopic (exact) mass is 497 g/mol. The number of halogens is 1. The summed E-state index contributed by atoms with van der Waals surface area (Å²) in [6, 6.07) is 14.4. The molecule has 0 saturated heterocycles. The predicted octanol–water partition coefficient (Wildman–Crippen LogP) is 3.98. The van der Waals surface area contributed by atoms with Crippen LogP contribution in [0.3, 0.4) is 0 Å². The molecule has 0 aromatic heterocycles. The van der Waals surface area contributed by atoms with Gasteiger partial charge in [-0.25, -0.2) is 4.79 Å². The molecule has 0 saturated carbocycles. The molecule has 0 radical (unpaired) electrons. The van der Waals surface area contributed by atoms with E-state index in [4.69, 9.17) is 16.3 Å². The summed E-state index contributed by atoms with van der Waals surface area (Å²) in [6.07, 6.45) is 0.122. The van der Waals surface area contributed by atoms with Crippen LogP contribution < -0.4 is 5.32 Å². The van der Waals surface area contributed by atoms with E-state index in [1.54, 1.807) is 49.1 Å². The van der Waals surface area contributed by atoms with Crippen LogP contribution >= 0.6 is 11.6 Å². The highest BCUT2D eigenvalue weighted by molar-refractivity contribution is 6.30. The van der Waals surface area contributed by atoms with Gasteiger partial charge in [0, 0.05) is 41.7 Å². The Morgan fingerprint density at radius 3 is 2.60 bits per heavy atom. The van der Waals surface area contributed by atoms with Crippen molar-refractivity contribution in [1.29, 1.82) is 0 Å². The van der Waals surface area contributed by atoms with E-state index >= 15 is 0 Å². The van der Waals surface area contributed by atoms with Crippen LogP contribution in [0.15, 0.2) is 59.8 Å². The Bertz CT molecular complexity index is 1130. The maximum Gasteiger partial charge on any atom is 0.336 e. The van der Waals surface area contributed by atoms with E-state index in [0.717, 1.165) is 17.7 Å². The number of hydrogen-bond donors (Lipinski definition) is 1. The van der Waals surface area contributed by atoms with Crippen molar-refractivity contribution in [3.8, 4) is 0 Å². The first-order chi connectivity index (χ1) is 16.7. The molecule has 7 nitrogen and oxygen atoms in total. The largest absolute Gasteiger partial charge is 0.463 e. The number of likely N-dealkylation sites (N-methyl/N-ethyl adjacent to an activating group) is 1. The van der Waals surface area contributed by atoms with Gasteiger partial charge in [0.25, 0.3) is 5.91 Å². The smallest absolute Gasteiger partial charge is 0.336 e. The third-order valence-electron chi connectivity index (χ3n) is 5.94. The first-order valence-corrected chi connectivity index (χ1v) is 12.0. The summed E-state index contributed by atoms with van der Waals surface area (Å²) < 4.78 is 5.35. The van der Waals surface area contributed by atoms with Gasteiger partial charge in [0.1, 0.15) is 0 Å². The Morgan fingerprint density at radius 2 is 1.91 bits per heavy atom. The second kappa shape index (κ2) is 12.0. The number of rotatable bonds is 9. The van der Waals surface area contributed by atoms with E-state index in [2.05, 4.69) is 5.32 Å². The molecular formula is C27H32ClN3O4. The molecule has 0 spiro atoms. The van der Waals surface area contributed by atoms with Crippen molar-refractivity contribution in [1.82, 2.24) is 15.1 Å². The number of hydrogen-bond acceptors (Lipinski definition) is 5. The topological polar surface area (TPSA) is 79.0 Å². The first-order valence-electron chi connectivity index (χ1n) is 11.7. The molecule has 1 heterocycles. The van der Waals surface area contributed by atoms with E-state index in [0.29, 0.717) is 28.4 Å². The zero-order chi connectivity index (χ0) is 25.5. The number of amides is 2. The average Bonchev–Trinajstić information content (AvgIpc) is 2.81. The lowest BCUT2D eigenvalue weighted by atomic mass is 9.83. The van der Waals surface area contributed by atoms with Gasteiger partial charge < -0.3 is 19.9 Å². The summed E-state index contributed by atoms with van der Waals surface area (Å²) >= 11 is 6.19. The predicted molar refractivity (Wildman–Crippen MR) is 136 cm³/mol. The van der Waals surface area contributed by atoms with Gasteiger partial charge in [0.05, 0.1) is 18.7 Å². The van der Waals surface area contributed by atoms with Gasteiger partial charge in [-0.2, -0.15) is 0 Å². The highest BCUT2D eigenvalue weighted by Gasteiger charge is 2.37. The highest BCUT2D eigenvalue weighted by atomic mass is 35.5. The summed E-state index contributed by atoms with van der Waals surface area (Å²) in [5.74, 6) is -1.16. The molecule has 3 rings (SSSR count). The molecule has 186 valence electrons. The van der Waals surface area contributed by atoms with Crippen LogP contribution in [0.25, 0.3) is 0 Å². The molecule has 1 atom stereocenters. The second-order valence-corrected chi connectivity index (χ2v) is 9.21. The number of esters is 1. The van der Waals surface area contributed by atoms with Crippen LogP contribution in [-0.2, 0) is 20.9 Å². The Hall–Kier alpha value is -3.16. The molecular weight excluding hydrogens is 466 g/mol. The van der Waals surface area contributed by atoms with Gasteiger partial charge in [-0.3, -0.25) is 9.59 Å². The molecule has 8 heteroatoms. The standard InChI is InChI=1S/C27H32ClN3O4/c1-5-35-27(34)25-18(2)31(24(32)16-23(25)20-9-7-11-22(28)15-20)17-19-8-6-10-21(14-19)26(33)29-12-13-30(3)4/h6-11,14-15,23H,5,12-13,16-17H2,1-4H3,(H,29,33). The maximum absolute atomic E-state index is 13.3. The number of nitrogens with one attached hydrogen (secondary N) is 1. The molecule has 1 aliphatic rings. The number of carbonyl (C=O) groups is 3. The minimum Gasteiger partial charge on any atom is -0.463 e. The molecule has 0 fully saturated rings. The molecule has 0 bridgehead atoms. The van der Waals surface area contributed by atoms with E-state index < -0.39 is 11.9 Å². The van der Waals surface area contributed by atoms with E-state index in [9.17, 15) is 14.4 Å². The van der Waals surface area contributed by atoms with E-state index in [1.165, 1.54) is 0 Å². The van der Waals surface area contributed by atoms with E-state index in [1.807, 2.05) is 37.2 Å². The minimum absolute atomic E-state index is 0.110. The van der Waals surface area contributed by atoms with Crippen molar-refractivity contribution in [3.63, 3.8) is 0 Å². The van der Waals surface area contributed by atoms with Crippen LogP contribution in [0.1, 0.15) is 47.7 Å². The summed E-state index contributed by atoms with van der Waals surface area (Å²) in [4.78, 5) is 42.4. The van der Waals surface area contributed by atoms with Gasteiger partial charge in [-0.1, -0.05) is 35.9 Å². The molecule has 1 aliphatic heterocycles. The minimum atomic E-state index is -0.443. The third-order valence-corrected chi connectivity index (χ3v) is 6.18. The van der Waals surface area contributed by atoms with Crippen LogP contribution in [0.2, 0.25) is 5.02 Å². The van der Waals surface area contributed by atoms with Crippen molar-refractivity contribution in [3.05, 3.63) is 81.5 Å². The SMILES string of the molecule is CCOC(=O)C1=C(C)N(Cc2cccc(C(=O)NCCN(C)C)c2)C(=O)CC1c1cccc(Cl)c1. The van der Waals surface area contributed by atoms with Gasteiger partial charge in [-0.15, -0.1) is 0 Å². The Kier molecular flexibility index (Phi) is 9.07. The number of ether oxygens (including phenoxy) is 1. The third kappa shape index (κ3) is 6.71. The fourth-order valence-electron chi connectivity index (χ4n) is 4.17.